The molecule has 100 valence electrons. The predicted octanol–water partition coefficient (Wildman–Crippen LogP) is 1.88. The lowest BCUT2D eigenvalue weighted by atomic mass is 10.1. The molecule has 4 heteroatoms. The van der Waals surface area contributed by atoms with Gasteiger partial charge in [-0.25, -0.2) is 0 Å². The molecule has 0 atom stereocenters. The Morgan fingerprint density at radius 3 is 2.50 bits per heavy atom. The molecule has 0 radical (unpaired) electrons. The zero-order valence-electron chi connectivity index (χ0n) is 11.6. The zero-order valence-corrected chi connectivity index (χ0v) is 11.6. The summed E-state index contributed by atoms with van der Waals surface area (Å²) in [5.41, 5.74) is 1.20. The lowest BCUT2D eigenvalue weighted by Gasteiger charge is -2.09. The van der Waals surface area contributed by atoms with Crippen LogP contribution >= 0.6 is 0 Å². The van der Waals surface area contributed by atoms with E-state index in [-0.39, 0.29) is 0 Å². The van der Waals surface area contributed by atoms with Gasteiger partial charge in [-0.3, -0.25) is 4.99 Å². The van der Waals surface area contributed by atoms with Crippen LogP contribution in [0, 0.1) is 0 Å². The molecule has 0 unspecified atom stereocenters. The average molecular weight is 250 g/mol. The van der Waals surface area contributed by atoms with Crippen molar-refractivity contribution in [3.8, 4) is 11.5 Å². The largest absolute Gasteiger partial charge is 0.493 e. The first-order valence-corrected chi connectivity index (χ1v) is 6.01. The van der Waals surface area contributed by atoms with Crippen molar-refractivity contribution in [2.45, 2.75) is 6.42 Å². The normalized spacial score (nSPS) is 11.2. The molecular formula is C14H22N2O2. The Balaban J connectivity index is 2.50. The van der Waals surface area contributed by atoms with Crippen molar-refractivity contribution in [2.75, 3.05) is 41.4 Å². The van der Waals surface area contributed by atoms with Crippen molar-refractivity contribution in [3.63, 3.8) is 0 Å². The third-order valence-electron chi connectivity index (χ3n) is 2.55. The highest BCUT2D eigenvalue weighted by atomic mass is 16.5. The summed E-state index contributed by atoms with van der Waals surface area (Å²) in [6.45, 7) is 1.68. The van der Waals surface area contributed by atoms with Crippen LogP contribution in [0.3, 0.4) is 0 Å². The van der Waals surface area contributed by atoms with E-state index in [0.29, 0.717) is 0 Å². The molecule has 0 bridgehead atoms. The average Bonchev–Trinajstić information content (AvgIpc) is 2.37. The van der Waals surface area contributed by atoms with Crippen LogP contribution in [-0.2, 0) is 6.42 Å². The second kappa shape index (κ2) is 7.71. The minimum atomic E-state index is 0.761. The maximum absolute atomic E-state index is 5.27. The highest BCUT2D eigenvalue weighted by molar-refractivity contribution is 5.59. The monoisotopic (exact) mass is 250 g/mol. The molecule has 0 aromatic heterocycles. The molecule has 0 aliphatic rings. The first-order valence-electron chi connectivity index (χ1n) is 6.01. The highest BCUT2D eigenvalue weighted by Gasteiger charge is 2.03. The van der Waals surface area contributed by atoms with Crippen LogP contribution in [-0.4, -0.2) is 52.5 Å². The fraction of sp³-hybridized carbons (Fsp3) is 0.500. The van der Waals surface area contributed by atoms with Crippen LogP contribution in [0.1, 0.15) is 5.56 Å². The summed E-state index contributed by atoms with van der Waals surface area (Å²) >= 11 is 0. The van der Waals surface area contributed by atoms with Crippen molar-refractivity contribution in [2.24, 2.45) is 4.99 Å². The standard InChI is InChI=1S/C14H22N2O2/c1-16(2)10-9-15-8-7-12-5-6-13(17-3)14(11-12)18-4/h5-6,9,11H,7-8,10H2,1-4H3. The molecule has 0 heterocycles. The van der Waals surface area contributed by atoms with E-state index in [1.807, 2.05) is 38.5 Å². The van der Waals surface area contributed by atoms with E-state index in [9.17, 15) is 0 Å². The number of rotatable bonds is 7. The molecule has 0 fully saturated rings. The first kappa shape index (κ1) is 14.5. The van der Waals surface area contributed by atoms with Crippen molar-refractivity contribution >= 4 is 6.21 Å². The van der Waals surface area contributed by atoms with E-state index < -0.39 is 0 Å². The summed E-state index contributed by atoms with van der Waals surface area (Å²) in [6.07, 6.45) is 2.85. The lowest BCUT2D eigenvalue weighted by Crippen LogP contribution is -2.14. The molecule has 0 saturated carbocycles. The molecule has 0 N–H and O–H groups in total. The number of methoxy groups -OCH3 is 2. The Bertz CT molecular complexity index is 389. The molecule has 1 aromatic carbocycles. The molecule has 0 amide bonds. The van der Waals surface area contributed by atoms with Gasteiger partial charge in [0.25, 0.3) is 0 Å². The summed E-state index contributed by atoms with van der Waals surface area (Å²) in [5, 5.41) is 0. The van der Waals surface area contributed by atoms with Gasteiger partial charge in [-0.05, 0) is 38.2 Å². The number of hydrogen-bond acceptors (Lipinski definition) is 4. The summed E-state index contributed by atoms with van der Waals surface area (Å²) in [6, 6.07) is 5.97. The third kappa shape index (κ3) is 4.75. The van der Waals surface area contributed by atoms with E-state index in [1.54, 1.807) is 14.2 Å². The quantitative estimate of drug-likeness (QED) is 0.693. The molecule has 0 spiro atoms. The Morgan fingerprint density at radius 1 is 1.17 bits per heavy atom. The maximum Gasteiger partial charge on any atom is 0.160 e. The van der Waals surface area contributed by atoms with E-state index in [4.69, 9.17) is 9.47 Å². The van der Waals surface area contributed by atoms with Gasteiger partial charge < -0.3 is 14.4 Å². The van der Waals surface area contributed by atoms with Gasteiger partial charge in [-0.15, -0.1) is 0 Å². The number of nitrogens with zero attached hydrogens (tertiary/aromatic N) is 2. The number of benzene rings is 1. The lowest BCUT2D eigenvalue weighted by molar-refractivity contribution is 0.354. The Labute approximate surface area is 109 Å². The molecule has 18 heavy (non-hydrogen) atoms. The van der Waals surface area contributed by atoms with Crippen LogP contribution in [0.5, 0.6) is 11.5 Å². The predicted molar refractivity (Wildman–Crippen MR) is 75.2 cm³/mol. The summed E-state index contributed by atoms with van der Waals surface area (Å²) in [7, 11) is 7.35. The second-order valence-electron chi connectivity index (χ2n) is 4.29. The first-order chi connectivity index (χ1) is 8.67. The molecule has 1 aromatic rings. The second-order valence-corrected chi connectivity index (χ2v) is 4.29. The van der Waals surface area contributed by atoms with Crippen LogP contribution < -0.4 is 9.47 Å². The minimum Gasteiger partial charge on any atom is -0.493 e. The smallest absolute Gasteiger partial charge is 0.160 e. The SMILES string of the molecule is COc1ccc(CCN=CCN(C)C)cc1OC. The molecule has 0 aliphatic carbocycles. The summed E-state index contributed by atoms with van der Waals surface area (Å²) < 4.78 is 10.5. The van der Waals surface area contributed by atoms with Crippen LogP contribution in [0.15, 0.2) is 23.2 Å². The van der Waals surface area contributed by atoms with Crippen molar-refractivity contribution in [1.82, 2.24) is 4.90 Å². The Kier molecular flexibility index (Phi) is 6.22. The van der Waals surface area contributed by atoms with Gasteiger partial charge in [0.15, 0.2) is 11.5 Å². The van der Waals surface area contributed by atoms with E-state index >= 15 is 0 Å². The van der Waals surface area contributed by atoms with Gasteiger partial charge in [0.2, 0.25) is 0 Å². The maximum atomic E-state index is 5.27. The number of aliphatic imine (C=N–C) groups is 1. The molecular weight excluding hydrogens is 228 g/mol. The van der Waals surface area contributed by atoms with Gasteiger partial charge in [0.1, 0.15) is 0 Å². The van der Waals surface area contributed by atoms with Gasteiger partial charge in [0.05, 0.1) is 14.2 Å². The number of ether oxygens (including phenoxy) is 2. The van der Waals surface area contributed by atoms with Gasteiger partial charge in [0, 0.05) is 19.3 Å². The molecule has 4 nitrogen and oxygen atoms in total. The molecule has 0 aliphatic heterocycles. The van der Waals surface area contributed by atoms with Gasteiger partial charge in [-0.1, -0.05) is 6.07 Å². The fourth-order valence-corrected chi connectivity index (χ4v) is 1.54. The topological polar surface area (TPSA) is 34.1 Å². The number of hydrogen-bond donors (Lipinski definition) is 0. The third-order valence-corrected chi connectivity index (χ3v) is 2.55. The van der Waals surface area contributed by atoms with Crippen LogP contribution in [0.4, 0.5) is 0 Å². The summed E-state index contributed by atoms with van der Waals surface area (Å²) in [4.78, 5) is 6.45. The Hall–Kier alpha value is -1.55. The van der Waals surface area contributed by atoms with Gasteiger partial charge >= 0.3 is 0 Å². The highest BCUT2D eigenvalue weighted by Crippen LogP contribution is 2.27. The van der Waals surface area contributed by atoms with E-state index in [1.165, 1.54) is 5.56 Å². The fourth-order valence-electron chi connectivity index (χ4n) is 1.54. The van der Waals surface area contributed by atoms with Crippen LogP contribution in [0.25, 0.3) is 0 Å². The van der Waals surface area contributed by atoms with Gasteiger partial charge in [-0.2, -0.15) is 0 Å². The molecule has 1 rings (SSSR count). The zero-order chi connectivity index (χ0) is 13.4. The minimum absolute atomic E-state index is 0.761. The van der Waals surface area contributed by atoms with Crippen molar-refractivity contribution < 1.29 is 9.47 Å². The summed E-state index contributed by atoms with van der Waals surface area (Å²) in [5.74, 6) is 1.53. The van der Waals surface area contributed by atoms with E-state index in [0.717, 1.165) is 31.0 Å². The molecule has 0 saturated heterocycles. The Morgan fingerprint density at radius 2 is 1.89 bits per heavy atom. The van der Waals surface area contributed by atoms with Crippen molar-refractivity contribution in [3.05, 3.63) is 23.8 Å². The van der Waals surface area contributed by atoms with Crippen LogP contribution in [0.2, 0.25) is 0 Å². The van der Waals surface area contributed by atoms with E-state index in [2.05, 4.69) is 9.89 Å². The van der Waals surface area contributed by atoms with Crippen molar-refractivity contribution in [1.29, 1.82) is 0 Å².